The van der Waals surface area contributed by atoms with Gasteiger partial charge in [0.2, 0.25) is 5.52 Å². The largest absolute Gasteiger partial charge is 0.748 e. The molecule has 0 radical (unpaired) electrons. The Bertz CT molecular complexity index is 1380. The Hall–Kier alpha value is -2.37. The monoisotopic (exact) mass is 518 g/mol. The van der Waals surface area contributed by atoms with Crippen molar-refractivity contribution >= 4 is 55.2 Å². The molecule has 1 unspecified atom stereocenters. The fraction of sp³-hybridized carbons (Fsp3) is 0.292. The number of anilines is 1. The maximum atomic E-state index is 11.2. The summed E-state index contributed by atoms with van der Waals surface area (Å²) in [5.74, 6) is -0.188. The Morgan fingerprint density at radius 3 is 2.76 bits per heavy atom. The topological polar surface area (TPSA) is 93.8 Å². The summed E-state index contributed by atoms with van der Waals surface area (Å²) < 4.78 is 42.4. The van der Waals surface area contributed by atoms with E-state index in [4.69, 9.17) is 4.74 Å². The third-order valence-electron chi connectivity index (χ3n) is 5.38. The fourth-order valence-electron chi connectivity index (χ4n) is 3.92. The molecular weight excluding hydrogens is 492 g/mol. The summed E-state index contributed by atoms with van der Waals surface area (Å²) in [6.45, 7) is 4.96. The number of hydrogen-bond acceptors (Lipinski definition) is 8. The van der Waals surface area contributed by atoms with Crippen LogP contribution in [-0.2, 0) is 16.7 Å². The van der Waals surface area contributed by atoms with Gasteiger partial charge in [0.05, 0.1) is 46.3 Å². The second-order valence-corrected chi connectivity index (χ2v) is 11.5. The molecule has 10 heteroatoms. The van der Waals surface area contributed by atoms with Crippen molar-refractivity contribution in [2.24, 2.45) is 0 Å². The van der Waals surface area contributed by atoms with Gasteiger partial charge in [-0.2, -0.15) is 4.57 Å². The number of thiazole rings is 1. The molecule has 7 nitrogen and oxygen atoms in total. The number of β-amino-alcohol motifs (C(OH)–C–C–N with tert-alkyl or cyclic N) is 1. The number of benzene rings is 2. The molecule has 34 heavy (non-hydrogen) atoms. The minimum absolute atomic E-state index is 0.0222. The van der Waals surface area contributed by atoms with Gasteiger partial charge in [-0.15, -0.1) is 0 Å². The normalized spacial score (nSPS) is 16.3. The molecule has 1 aromatic heterocycles. The van der Waals surface area contributed by atoms with Crippen LogP contribution in [0, 0.1) is 0 Å². The molecule has 0 aliphatic carbocycles. The van der Waals surface area contributed by atoms with E-state index in [9.17, 15) is 18.1 Å². The van der Waals surface area contributed by atoms with E-state index in [0.717, 1.165) is 32.7 Å². The van der Waals surface area contributed by atoms with Crippen molar-refractivity contribution in [1.82, 2.24) is 0 Å². The van der Waals surface area contributed by atoms with Gasteiger partial charge in [0.25, 0.3) is 5.01 Å². The molecular formula is C24H26N2O5S3. The molecule has 1 N–H and O–H groups in total. The Kier molecular flexibility index (Phi) is 7.34. The van der Waals surface area contributed by atoms with Gasteiger partial charge in [-0.05, 0) is 43.7 Å². The molecule has 0 fully saturated rings. The molecule has 1 aliphatic rings. The van der Waals surface area contributed by atoms with Crippen LogP contribution in [0.4, 0.5) is 5.69 Å². The lowest BCUT2D eigenvalue weighted by atomic mass is 10.2. The van der Waals surface area contributed by atoms with Crippen molar-refractivity contribution in [3.05, 3.63) is 64.2 Å². The molecule has 1 atom stereocenters. The number of hydrogen-bond donors (Lipinski definition) is 1. The van der Waals surface area contributed by atoms with Crippen molar-refractivity contribution in [1.29, 1.82) is 0 Å². The second-order valence-electron chi connectivity index (χ2n) is 7.95. The SMILES string of the molecule is CC[n+]1c(C=C(C)C=C2Sc3ccc(OC)cc3N2CC(O)CS(=O)(=O)[O-])sc2ccccc21. The van der Waals surface area contributed by atoms with E-state index < -0.39 is 22.0 Å². The molecule has 2 aromatic carbocycles. The third kappa shape index (κ3) is 5.47. The number of fused-ring (bicyclic) bond motifs is 2. The summed E-state index contributed by atoms with van der Waals surface area (Å²) in [4.78, 5) is 2.80. The van der Waals surface area contributed by atoms with E-state index in [-0.39, 0.29) is 6.54 Å². The standard InChI is InChI=1S/C24H26N2O5S3/c1-4-25-19-7-5-6-8-21(19)32-23(25)11-16(2)12-24-26(14-17(27)15-34(28,29)30)20-13-18(31-3)9-10-22(20)33-24/h5-13,17,27H,4,14-15H2,1-3H3. The van der Waals surface area contributed by atoms with Crippen LogP contribution in [0.1, 0.15) is 18.9 Å². The Morgan fingerprint density at radius 1 is 1.29 bits per heavy atom. The highest BCUT2D eigenvalue weighted by molar-refractivity contribution is 8.03. The van der Waals surface area contributed by atoms with Gasteiger partial charge in [0.1, 0.15) is 17.0 Å². The lowest BCUT2D eigenvalue weighted by Crippen LogP contribution is -2.34. The number of ether oxygens (including phenoxy) is 1. The van der Waals surface area contributed by atoms with E-state index in [0.29, 0.717) is 5.75 Å². The first-order valence-electron chi connectivity index (χ1n) is 10.7. The molecule has 1 aliphatic heterocycles. The van der Waals surface area contributed by atoms with E-state index in [1.807, 2.05) is 48.2 Å². The molecule has 0 saturated carbocycles. The number of methoxy groups -OCH3 is 1. The van der Waals surface area contributed by atoms with Crippen molar-refractivity contribution in [3.63, 3.8) is 0 Å². The quantitative estimate of drug-likeness (QED) is 0.356. The Labute approximate surface area is 207 Å². The van der Waals surface area contributed by atoms with Crippen molar-refractivity contribution in [3.8, 4) is 5.75 Å². The van der Waals surface area contributed by atoms with Crippen LogP contribution < -0.4 is 14.2 Å². The van der Waals surface area contributed by atoms with Crippen LogP contribution in [-0.4, -0.2) is 43.6 Å². The zero-order chi connectivity index (χ0) is 24.5. The molecule has 0 spiro atoms. The van der Waals surface area contributed by atoms with Crippen LogP contribution in [0.15, 0.2) is 64.0 Å². The van der Waals surface area contributed by atoms with Crippen LogP contribution in [0.2, 0.25) is 0 Å². The molecule has 3 aromatic rings. The van der Waals surface area contributed by atoms with E-state index in [2.05, 4.69) is 29.7 Å². The zero-order valence-electron chi connectivity index (χ0n) is 19.1. The summed E-state index contributed by atoms with van der Waals surface area (Å²) in [6.07, 6.45) is 2.82. The van der Waals surface area contributed by atoms with Gasteiger partial charge in [0.15, 0.2) is 0 Å². The minimum Gasteiger partial charge on any atom is -0.748 e. The first-order chi connectivity index (χ1) is 16.2. The molecule has 0 saturated heterocycles. The van der Waals surface area contributed by atoms with E-state index in [1.165, 1.54) is 22.0 Å². The van der Waals surface area contributed by atoms with Crippen LogP contribution in [0.25, 0.3) is 16.3 Å². The fourth-order valence-corrected chi connectivity index (χ4v) is 6.90. The second kappa shape index (κ2) is 10.1. The maximum absolute atomic E-state index is 11.2. The highest BCUT2D eigenvalue weighted by Crippen LogP contribution is 2.47. The number of aliphatic hydroxyl groups excluding tert-OH is 1. The summed E-state index contributed by atoms with van der Waals surface area (Å²) in [5.41, 5.74) is 3.00. The number of nitrogens with zero attached hydrogens (tertiary/aromatic N) is 2. The van der Waals surface area contributed by atoms with Gasteiger partial charge in [-0.1, -0.05) is 35.2 Å². The van der Waals surface area contributed by atoms with Crippen molar-refractivity contribution in [2.75, 3.05) is 24.3 Å². The number of thioether (sulfide) groups is 1. The van der Waals surface area contributed by atoms with Gasteiger partial charge in [-0.25, -0.2) is 8.42 Å². The number of aryl methyl sites for hydroxylation is 1. The molecule has 0 amide bonds. The predicted octanol–water partition coefficient (Wildman–Crippen LogP) is 3.98. The average molecular weight is 519 g/mol. The van der Waals surface area contributed by atoms with Crippen LogP contribution in [0.3, 0.4) is 0 Å². The Morgan fingerprint density at radius 2 is 2.06 bits per heavy atom. The van der Waals surface area contributed by atoms with Crippen molar-refractivity contribution in [2.45, 2.75) is 31.4 Å². The summed E-state index contributed by atoms with van der Waals surface area (Å²) in [7, 11) is -2.97. The smallest absolute Gasteiger partial charge is 0.262 e. The van der Waals surface area contributed by atoms with Crippen LogP contribution >= 0.6 is 23.1 Å². The summed E-state index contributed by atoms with van der Waals surface area (Å²) >= 11 is 3.25. The maximum Gasteiger partial charge on any atom is 0.262 e. The van der Waals surface area contributed by atoms with Crippen molar-refractivity contribution < 1.29 is 27.4 Å². The molecule has 0 bridgehead atoms. The lowest BCUT2D eigenvalue weighted by molar-refractivity contribution is -0.665. The third-order valence-corrected chi connectivity index (χ3v) is 8.40. The lowest BCUT2D eigenvalue weighted by Gasteiger charge is -2.24. The first kappa shape index (κ1) is 24.7. The van der Waals surface area contributed by atoms with E-state index >= 15 is 0 Å². The van der Waals surface area contributed by atoms with Gasteiger partial charge >= 0.3 is 0 Å². The number of para-hydroxylation sites is 1. The highest BCUT2D eigenvalue weighted by Gasteiger charge is 2.28. The summed E-state index contributed by atoms with van der Waals surface area (Å²) in [6, 6.07) is 13.9. The number of allylic oxidation sites excluding steroid dienone is 2. The molecule has 180 valence electrons. The summed E-state index contributed by atoms with van der Waals surface area (Å²) in [5, 5.41) is 12.3. The Balaban J connectivity index is 1.70. The predicted molar refractivity (Wildman–Crippen MR) is 136 cm³/mol. The zero-order valence-corrected chi connectivity index (χ0v) is 21.5. The number of aromatic nitrogens is 1. The molecule has 4 rings (SSSR count). The highest BCUT2D eigenvalue weighted by atomic mass is 32.2. The van der Waals surface area contributed by atoms with E-state index in [1.54, 1.807) is 18.4 Å². The average Bonchev–Trinajstić information content (AvgIpc) is 3.28. The van der Waals surface area contributed by atoms with Crippen LogP contribution in [0.5, 0.6) is 5.75 Å². The molecule has 2 heterocycles. The first-order valence-corrected chi connectivity index (χ1v) is 14.0. The number of rotatable bonds is 8. The number of aliphatic hydroxyl groups is 1. The van der Waals surface area contributed by atoms with Gasteiger partial charge in [-0.3, -0.25) is 0 Å². The van der Waals surface area contributed by atoms with Gasteiger partial charge < -0.3 is 19.3 Å². The van der Waals surface area contributed by atoms with Gasteiger partial charge in [0, 0.05) is 23.1 Å². The minimum atomic E-state index is -4.55.